The van der Waals surface area contributed by atoms with Crippen molar-refractivity contribution in [2.45, 2.75) is 27.7 Å². The zero-order valence-electron chi connectivity index (χ0n) is 18.8. The van der Waals surface area contributed by atoms with Crippen LogP contribution in [0.5, 0.6) is 0 Å². The number of aryl methyl sites for hydroxylation is 4. The van der Waals surface area contributed by atoms with Crippen LogP contribution in [0.4, 0.5) is 11.4 Å². The summed E-state index contributed by atoms with van der Waals surface area (Å²) in [5, 5.41) is 13.0. The molecular weight excluding hydrogens is 382 g/mol. The fourth-order valence-electron chi connectivity index (χ4n) is 3.93. The van der Waals surface area contributed by atoms with E-state index >= 15 is 0 Å². The Bertz CT molecular complexity index is 1120. The van der Waals surface area contributed by atoms with Gasteiger partial charge in [-0.1, -0.05) is 23.3 Å². The van der Waals surface area contributed by atoms with E-state index in [1.807, 2.05) is 13.8 Å². The molecule has 0 bridgehead atoms. The number of benzene rings is 2. The second-order valence-electron chi connectivity index (χ2n) is 8.27. The molecule has 0 amide bonds. The molecule has 5 nitrogen and oxygen atoms in total. The largest absolute Gasteiger partial charge is 0.383 e. The molecule has 2 aromatic carbocycles. The molecule has 0 fully saturated rings. The highest BCUT2D eigenvalue weighted by Gasteiger charge is 2.05. The van der Waals surface area contributed by atoms with E-state index in [9.17, 15) is 0 Å². The molecule has 0 aliphatic rings. The van der Waals surface area contributed by atoms with E-state index in [1.165, 1.54) is 21.9 Å². The van der Waals surface area contributed by atoms with Crippen molar-refractivity contribution in [2.75, 3.05) is 36.8 Å². The summed E-state index contributed by atoms with van der Waals surface area (Å²) in [6.45, 7) is 11.8. The Morgan fingerprint density at radius 3 is 1.48 bits per heavy atom. The number of hydrogen-bond donors (Lipinski definition) is 3. The lowest BCUT2D eigenvalue weighted by molar-refractivity contribution is 0.719. The third-order valence-corrected chi connectivity index (χ3v) is 5.42. The average Bonchev–Trinajstić information content (AvgIpc) is 2.73. The van der Waals surface area contributed by atoms with Crippen LogP contribution in [-0.4, -0.2) is 36.1 Å². The van der Waals surface area contributed by atoms with Gasteiger partial charge in [0.2, 0.25) is 0 Å². The minimum absolute atomic E-state index is 0.864. The summed E-state index contributed by atoms with van der Waals surface area (Å²) in [7, 11) is 0. The van der Waals surface area contributed by atoms with Crippen molar-refractivity contribution >= 4 is 33.2 Å². The first kappa shape index (κ1) is 21.1. The van der Waals surface area contributed by atoms with Crippen LogP contribution >= 0.6 is 0 Å². The Hall–Kier alpha value is -3.18. The Labute approximate surface area is 184 Å². The van der Waals surface area contributed by atoms with Crippen molar-refractivity contribution < 1.29 is 0 Å². The van der Waals surface area contributed by atoms with Gasteiger partial charge in [-0.25, -0.2) is 0 Å². The maximum atomic E-state index is 4.64. The lowest BCUT2D eigenvalue weighted by atomic mass is 10.1. The van der Waals surface area contributed by atoms with E-state index in [2.05, 4.69) is 88.3 Å². The van der Waals surface area contributed by atoms with E-state index < -0.39 is 0 Å². The summed E-state index contributed by atoms with van der Waals surface area (Å²) < 4.78 is 0. The van der Waals surface area contributed by atoms with Gasteiger partial charge in [-0.3, -0.25) is 9.97 Å². The van der Waals surface area contributed by atoms with Gasteiger partial charge in [0.15, 0.2) is 0 Å². The molecule has 4 rings (SSSR count). The summed E-state index contributed by atoms with van der Waals surface area (Å²) in [4.78, 5) is 9.28. The van der Waals surface area contributed by atoms with Crippen molar-refractivity contribution in [3.63, 3.8) is 0 Å². The molecule has 2 aromatic heterocycles. The van der Waals surface area contributed by atoms with E-state index in [0.29, 0.717) is 0 Å². The van der Waals surface area contributed by atoms with Gasteiger partial charge < -0.3 is 16.0 Å². The van der Waals surface area contributed by atoms with Crippen molar-refractivity contribution in [3.8, 4) is 0 Å². The number of fused-ring (bicyclic) bond motifs is 2. The topological polar surface area (TPSA) is 61.9 Å². The normalized spacial score (nSPS) is 11.2. The van der Waals surface area contributed by atoms with E-state index in [0.717, 1.165) is 60.0 Å². The van der Waals surface area contributed by atoms with Gasteiger partial charge in [0.1, 0.15) is 0 Å². The fourth-order valence-corrected chi connectivity index (χ4v) is 3.93. The van der Waals surface area contributed by atoms with E-state index in [4.69, 9.17) is 0 Å². The molecule has 0 saturated carbocycles. The first-order valence-corrected chi connectivity index (χ1v) is 10.9. The van der Waals surface area contributed by atoms with Crippen molar-refractivity contribution in [3.05, 3.63) is 71.0 Å². The van der Waals surface area contributed by atoms with Crippen LogP contribution in [0, 0.1) is 27.7 Å². The summed E-state index contributed by atoms with van der Waals surface area (Å²) in [6, 6.07) is 17.1. The Morgan fingerprint density at radius 1 is 0.581 bits per heavy atom. The Kier molecular flexibility index (Phi) is 6.33. The van der Waals surface area contributed by atoms with Crippen molar-refractivity contribution in [2.24, 2.45) is 0 Å². The van der Waals surface area contributed by atoms with Gasteiger partial charge in [0.05, 0.1) is 11.0 Å². The lowest BCUT2D eigenvalue weighted by Gasteiger charge is -2.13. The molecule has 160 valence electrons. The van der Waals surface area contributed by atoms with Crippen LogP contribution in [0.2, 0.25) is 0 Å². The van der Waals surface area contributed by atoms with Gasteiger partial charge in [-0.05, 0) is 64.1 Å². The third kappa shape index (κ3) is 5.12. The molecule has 31 heavy (non-hydrogen) atoms. The van der Waals surface area contributed by atoms with Gasteiger partial charge >= 0.3 is 0 Å². The summed E-state index contributed by atoms with van der Waals surface area (Å²) in [5.74, 6) is 0. The number of rotatable bonds is 8. The summed E-state index contributed by atoms with van der Waals surface area (Å²) in [6.07, 6.45) is 0. The molecule has 0 saturated heterocycles. The van der Waals surface area contributed by atoms with Crippen LogP contribution in [0.15, 0.2) is 48.5 Å². The summed E-state index contributed by atoms with van der Waals surface area (Å²) in [5.41, 5.74) is 8.96. The monoisotopic (exact) mass is 413 g/mol. The highest BCUT2D eigenvalue weighted by atomic mass is 15.0. The smallest absolute Gasteiger partial charge is 0.0726 e. The van der Waals surface area contributed by atoms with Gasteiger partial charge in [-0.15, -0.1) is 0 Å². The van der Waals surface area contributed by atoms with Gasteiger partial charge in [0.25, 0.3) is 0 Å². The molecule has 2 heterocycles. The number of pyridine rings is 2. The molecule has 0 aliphatic carbocycles. The minimum Gasteiger partial charge on any atom is -0.383 e. The van der Waals surface area contributed by atoms with Crippen LogP contribution in [0.3, 0.4) is 0 Å². The second kappa shape index (κ2) is 9.31. The molecule has 0 unspecified atom stereocenters. The molecule has 0 atom stereocenters. The average molecular weight is 414 g/mol. The predicted octanol–water partition coefficient (Wildman–Crippen LogP) is 5.13. The standard InChI is InChI=1S/C26H31N5/c1-17-5-7-23-21(13-17)25(15-19(3)30-23)28-11-9-27-10-12-29-26-16-20(4)31-24-8-6-18(2)14-22(24)26/h5-8,13-16,27H,9-12H2,1-4H3,(H,28,30)(H,29,31). The highest BCUT2D eigenvalue weighted by Crippen LogP contribution is 2.25. The number of hydrogen-bond acceptors (Lipinski definition) is 5. The molecule has 5 heteroatoms. The SMILES string of the molecule is Cc1ccc2nc(C)cc(NCCNCCNc3cc(C)nc4ccc(C)cc34)c2c1. The van der Waals surface area contributed by atoms with Crippen LogP contribution in [0.25, 0.3) is 21.8 Å². The van der Waals surface area contributed by atoms with Gasteiger partial charge in [-0.2, -0.15) is 0 Å². The quantitative estimate of drug-likeness (QED) is 0.350. The number of aromatic nitrogens is 2. The highest BCUT2D eigenvalue weighted by molar-refractivity contribution is 5.92. The van der Waals surface area contributed by atoms with E-state index in [-0.39, 0.29) is 0 Å². The van der Waals surface area contributed by atoms with Crippen LogP contribution in [0.1, 0.15) is 22.5 Å². The first-order chi connectivity index (χ1) is 15.0. The fraction of sp³-hybridized carbons (Fsp3) is 0.308. The van der Waals surface area contributed by atoms with E-state index in [1.54, 1.807) is 0 Å². The predicted molar refractivity (Wildman–Crippen MR) is 132 cm³/mol. The summed E-state index contributed by atoms with van der Waals surface area (Å²) >= 11 is 0. The van der Waals surface area contributed by atoms with Crippen LogP contribution in [-0.2, 0) is 0 Å². The zero-order chi connectivity index (χ0) is 21.8. The van der Waals surface area contributed by atoms with Crippen molar-refractivity contribution in [1.82, 2.24) is 15.3 Å². The third-order valence-electron chi connectivity index (χ3n) is 5.42. The molecule has 0 radical (unpaired) electrons. The molecule has 3 N–H and O–H groups in total. The first-order valence-electron chi connectivity index (χ1n) is 10.9. The van der Waals surface area contributed by atoms with Crippen LogP contribution < -0.4 is 16.0 Å². The number of anilines is 2. The Balaban J connectivity index is 1.28. The molecule has 0 aliphatic heterocycles. The number of nitrogens with one attached hydrogen (secondary N) is 3. The van der Waals surface area contributed by atoms with Crippen molar-refractivity contribution in [1.29, 1.82) is 0 Å². The zero-order valence-corrected chi connectivity index (χ0v) is 18.8. The number of nitrogens with zero attached hydrogens (tertiary/aromatic N) is 2. The molecule has 0 spiro atoms. The molecular formula is C26H31N5. The minimum atomic E-state index is 0.864. The maximum absolute atomic E-state index is 4.64. The van der Waals surface area contributed by atoms with Gasteiger partial charge in [0, 0.05) is 59.7 Å². The Morgan fingerprint density at radius 2 is 1.03 bits per heavy atom. The maximum Gasteiger partial charge on any atom is 0.0726 e. The lowest BCUT2D eigenvalue weighted by Crippen LogP contribution is -2.27. The molecule has 4 aromatic rings. The second-order valence-corrected chi connectivity index (χ2v) is 8.27.